The van der Waals surface area contributed by atoms with Crippen molar-refractivity contribution in [3.63, 3.8) is 0 Å². The number of nitrogens with zero attached hydrogens (tertiary/aromatic N) is 4. The van der Waals surface area contributed by atoms with Crippen molar-refractivity contribution in [1.29, 1.82) is 0 Å². The normalized spacial score (nSPS) is 21.5. The van der Waals surface area contributed by atoms with Gasteiger partial charge in [-0.15, -0.1) is 0 Å². The van der Waals surface area contributed by atoms with Gasteiger partial charge >= 0.3 is 23.9 Å². The molecule has 4 N–H and O–H groups in total. The molecule has 0 aromatic rings. The third kappa shape index (κ3) is 8.71. The zero-order chi connectivity index (χ0) is 24.6. The van der Waals surface area contributed by atoms with Crippen LogP contribution in [0.3, 0.4) is 0 Å². The lowest BCUT2D eigenvalue weighted by Crippen LogP contribution is -2.55. The smallest absolute Gasteiger partial charge is 0.323 e. The summed E-state index contributed by atoms with van der Waals surface area (Å²) < 4.78 is 0. The van der Waals surface area contributed by atoms with Gasteiger partial charge in [0.25, 0.3) is 0 Å². The minimum Gasteiger partial charge on any atom is -0.480 e. The molecule has 0 bridgehead atoms. The molecule has 32 heavy (non-hydrogen) atoms. The van der Waals surface area contributed by atoms with E-state index in [-0.39, 0.29) is 58.9 Å². The van der Waals surface area contributed by atoms with Gasteiger partial charge in [0, 0.05) is 49.7 Å². The molecule has 0 fully saturated rings. The maximum atomic E-state index is 11.6. The number of allylic oxidation sites excluding steroid dienone is 2. The molecule has 0 aromatic heterocycles. The highest BCUT2D eigenvalue weighted by atomic mass is 16.4. The Kier molecular flexibility index (Phi) is 9.91. The maximum absolute atomic E-state index is 11.6. The average Bonchev–Trinajstić information content (AvgIpc) is 2.63. The third-order valence-corrected chi connectivity index (χ3v) is 5.50. The van der Waals surface area contributed by atoms with Gasteiger partial charge in [0.05, 0.1) is 13.1 Å². The largest absolute Gasteiger partial charge is 0.480 e. The van der Waals surface area contributed by atoms with Crippen molar-refractivity contribution in [3.05, 3.63) is 11.4 Å². The Bertz CT molecular complexity index is 752. The maximum Gasteiger partial charge on any atom is 0.323 e. The lowest BCUT2D eigenvalue weighted by Gasteiger charge is -2.45. The van der Waals surface area contributed by atoms with Gasteiger partial charge in [-0.05, 0) is 27.7 Å². The molecule has 1 aliphatic heterocycles. The predicted octanol–water partition coefficient (Wildman–Crippen LogP) is -0.424. The van der Waals surface area contributed by atoms with Gasteiger partial charge in [0.1, 0.15) is 13.1 Å². The molecule has 1 rings (SSSR count). The monoisotopic (exact) mass is 458 g/mol. The molecule has 0 radical (unpaired) electrons. The molecule has 182 valence electrons. The van der Waals surface area contributed by atoms with E-state index in [2.05, 4.69) is 0 Å². The van der Waals surface area contributed by atoms with Gasteiger partial charge in [-0.2, -0.15) is 0 Å². The number of carbonyl (C=O) groups is 4. The molecule has 0 aromatic carbocycles. The first kappa shape index (κ1) is 27.2. The van der Waals surface area contributed by atoms with Crippen LogP contribution < -0.4 is 0 Å². The first-order chi connectivity index (χ1) is 14.7. The van der Waals surface area contributed by atoms with E-state index in [1.54, 1.807) is 47.3 Å². The van der Waals surface area contributed by atoms with Crippen molar-refractivity contribution >= 4 is 23.9 Å². The van der Waals surface area contributed by atoms with Crippen molar-refractivity contribution < 1.29 is 39.6 Å². The highest BCUT2D eigenvalue weighted by Gasteiger charge is 2.33. The molecule has 1 aliphatic rings. The standard InChI is InChI=1S/C20H34N4O8/c1-14-15(2)24(12-19(31)32)20(3,4)13-22(10-17(27)28)6-5-21(9-16(25)26)7-8-23(14)11-18(29)30/h5-13H2,1-4H3,(H,25,26)(H,27,28)(H,29,30)(H,31,32)/b15-14-. The second-order valence-corrected chi connectivity index (χ2v) is 8.55. The number of carboxylic acids is 4. The van der Waals surface area contributed by atoms with Crippen molar-refractivity contribution in [2.45, 2.75) is 33.2 Å². The Morgan fingerprint density at radius 2 is 1.12 bits per heavy atom. The molecule has 0 atom stereocenters. The van der Waals surface area contributed by atoms with E-state index >= 15 is 0 Å². The molecule has 0 aliphatic carbocycles. The summed E-state index contributed by atoms with van der Waals surface area (Å²) in [5.41, 5.74) is 0.298. The summed E-state index contributed by atoms with van der Waals surface area (Å²) in [6, 6.07) is 0. The average molecular weight is 459 g/mol. The van der Waals surface area contributed by atoms with Gasteiger partial charge in [0.2, 0.25) is 0 Å². The van der Waals surface area contributed by atoms with E-state index in [0.717, 1.165) is 0 Å². The van der Waals surface area contributed by atoms with Crippen LogP contribution in [-0.4, -0.2) is 128 Å². The number of aliphatic carboxylic acids is 4. The molecule has 12 nitrogen and oxygen atoms in total. The summed E-state index contributed by atoms with van der Waals surface area (Å²) >= 11 is 0. The Morgan fingerprint density at radius 3 is 1.62 bits per heavy atom. The van der Waals surface area contributed by atoms with Crippen molar-refractivity contribution in [1.82, 2.24) is 19.6 Å². The molecule has 0 saturated heterocycles. The van der Waals surface area contributed by atoms with Crippen LogP contribution in [-0.2, 0) is 19.2 Å². The molecule has 0 spiro atoms. The Hall–Kier alpha value is -2.86. The lowest BCUT2D eigenvalue weighted by atomic mass is 9.99. The zero-order valence-corrected chi connectivity index (χ0v) is 19.1. The van der Waals surface area contributed by atoms with Gasteiger partial charge in [-0.1, -0.05) is 0 Å². The van der Waals surface area contributed by atoms with Crippen LogP contribution in [0.5, 0.6) is 0 Å². The van der Waals surface area contributed by atoms with Crippen molar-refractivity contribution in [2.24, 2.45) is 0 Å². The molecule has 12 heteroatoms. The van der Waals surface area contributed by atoms with Crippen molar-refractivity contribution in [2.75, 3.05) is 58.9 Å². The number of hydrogen-bond acceptors (Lipinski definition) is 8. The minimum atomic E-state index is -1.07. The van der Waals surface area contributed by atoms with Crippen LogP contribution >= 0.6 is 0 Å². The van der Waals surface area contributed by atoms with Crippen molar-refractivity contribution in [3.8, 4) is 0 Å². The highest BCUT2D eigenvalue weighted by molar-refractivity contribution is 5.70. The van der Waals surface area contributed by atoms with Gasteiger partial charge in [-0.3, -0.25) is 29.0 Å². The molecule has 0 unspecified atom stereocenters. The Labute approximate surface area is 187 Å². The van der Waals surface area contributed by atoms with Crippen LogP contribution in [0.15, 0.2) is 11.4 Å². The van der Waals surface area contributed by atoms with Crippen LogP contribution in [0.4, 0.5) is 0 Å². The van der Waals surface area contributed by atoms with Crippen LogP contribution in [0.1, 0.15) is 27.7 Å². The fourth-order valence-corrected chi connectivity index (χ4v) is 3.92. The Morgan fingerprint density at radius 1 is 0.688 bits per heavy atom. The van der Waals surface area contributed by atoms with Crippen LogP contribution in [0.2, 0.25) is 0 Å². The van der Waals surface area contributed by atoms with Crippen LogP contribution in [0, 0.1) is 0 Å². The topological polar surface area (TPSA) is 162 Å². The lowest BCUT2D eigenvalue weighted by molar-refractivity contribution is -0.142. The van der Waals surface area contributed by atoms with Gasteiger partial charge in [-0.25, -0.2) is 0 Å². The Balaban J connectivity index is 3.49. The quantitative estimate of drug-likeness (QED) is 0.372. The highest BCUT2D eigenvalue weighted by Crippen LogP contribution is 2.25. The SMILES string of the molecule is C/C1=C(\C)N(CC(=O)O)C(C)(C)CN(CC(=O)O)CCN(CC(=O)O)CCN1CC(=O)O. The van der Waals surface area contributed by atoms with Gasteiger partial charge in [0.15, 0.2) is 0 Å². The number of rotatable bonds is 8. The summed E-state index contributed by atoms with van der Waals surface area (Å²) in [6.45, 7) is 6.96. The van der Waals surface area contributed by atoms with E-state index in [0.29, 0.717) is 11.4 Å². The molecular weight excluding hydrogens is 424 g/mol. The fraction of sp³-hybridized carbons (Fsp3) is 0.700. The molecule has 0 saturated carbocycles. The van der Waals surface area contributed by atoms with Gasteiger partial charge < -0.3 is 30.2 Å². The van der Waals surface area contributed by atoms with Crippen LogP contribution in [0.25, 0.3) is 0 Å². The first-order valence-electron chi connectivity index (χ1n) is 10.2. The van der Waals surface area contributed by atoms with E-state index < -0.39 is 29.4 Å². The van der Waals surface area contributed by atoms with E-state index in [1.165, 1.54) is 0 Å². The predicted molar refractivity (Wildman–Crippen MR) is 114 cm³/mol. The summed E-state index contributed by atoms with van der Waals surface area (Å²) in [5.74, 6) is -4.22. The molecule has 1 heterocycles. The summed E-state index contributed by atoms with van der Waals surface area (Å²) in [6.07, 6.45) is 0. The second-order valence-electron chi connectivity index (χ2n) is 8.55. The van der Waals surface area contributed by atoms with E-state index in [1.807, 2.05) is 0 Å². The summed E-state index contributed by atoms with van der Waals surface area (Å²) in [4.78, 5) is 52.3. The van der Waals surface area contributed by atoms with E-state index in [9.17, 15) is 39.6 Å². The number of hydrogen-bond donors (Lipinski definition) is 4. The fourth-order valence-electron chi connectivity index (χ4n) is 3.92. The third-order valence-electron chi connectivity index (χ3n) is 5.50. The second kappa shape index (κ2) is 11.7. The summed E-state index contributed by atoms with van der Waals surface area (Å²) in [5, 5.41) is 37.4. The van der Waals surface area contributed by atoms with E-state index in [4.69, 9.17) is 0 Å². The summed E-state index contributed by atoms with van der Waals surface area (Å²) in [7, 11) is 0. The number of carboxylic acid groups (broad SMARTS) is 4. The minimum absolute atomic E-state index is 0.205. The zero-order valence-electron chi connectivity index (χ0n) is 19.1. The first-order valence-corrected chi connectivity index (χ1v) is 10.2. The molecule has 0 amide bonds. The molecular formula is C20H34N4O8.